The SMILES string of the molecule is COC(=O)[C@]12C(=O)CCC[C@H]1CC(=O)[C@]1(C)[C@H]3CC(=O)C[C@@]3(C)CC[C@@H]12. The second-order valence-electron chi connectivity index (χ2n) is 9.50. The molecule has 4 rings (SSSR count). The Morgan fingerprint density at radius 2 is 1.77 bits per heavy atom. The van der Waals surface area contributed by atoms with Gasteiger partial charge in [0.05, 0.1) is 7.11 Å². The van der Waals surface area contributed by atoms with Gasteiger partial charge in [-0.05, 0) is 48.9 Å². The van der Waals surface area contributed by atoms with Crippen molar-refractivity contribution in [2.24, 2.45) is 34.0 Å². The third-order valence-electron chi connectivity index (χ3n) is 8.49. The molecule has 0 aliphatic heterocycles. The summed E-state index contributed by atoms with van der Waals surface area (Å²) in [6, 6.07) is 0. The van der Waals surface area contributed by atoms with Crippen LogP contribution in [0.3, 0.4) is 0 Å². The molecule has 0 unspecified atom stereocenters. The summed E-state index contributed by atoms with van der Waals surface area (Å²) in [5, 5.41) is 0. The van der Waals surface area contributed by atoms with Crippen molar-refractivity contribution in [2.45, 2.75) is 65.2 Å². The van der Waals surface area contributed by atoms with Gasteiger partial charge in [-0.25, -0.2) is 0 Å². The highest BCUT2D eigenvalue weighted by Gasteiger charge is 2.73. The molecule has 142 valence electrons. The predicted octanol–water partition coefficient (Wildman–Crippen LogP) is 2.89. The topological polar surface area (TPSA) is 77.5 Å². The van der Waals surface area contributed by atoms with Crippen LogP contribution in [0.5, 0.6) is 0 Å². The lowest BCUT2D eigenvalue weighted by Gasteiger charge is -2.62. The van der Waals surface area contributed by atoms with E-state index in [-0.39, 0.29) is 46.9 Å². The second-order valence-corrected chi connectivity index (χ2v) is 9.50. The number of Topliss-reactive ketones (excluding diaryl/α,β-unsaturated/α-hetero) is 3. The highest BCUT2D eigenvalue weighted by Crippen LogP contribution is 2.69. The van der Waals surface area contributed by atoms with Gasteiger partial charge in [0.15, 0.2) is 5.78 Å². The minimum atomic E-state index is -1.19. The lowest BCUT2D eigenvalue weighted by molar-refractivity contribution is -0.197. The Bertz CT molecular complexity index is 701. The van der Waals surface area contributed by atoms with E-state index >= 15 is 0 Å². The monoisotopic (exact) mass is 360 g/mol. The summed E-state index contributed by atoms with van der Waals surface area (Å²) < 4.78 is 5.17. The highest BCUT2D eigenvalue weighted by atomic mass is 16.5. The van der Waals surface area contributed by atoms with Crippen LogP contribution < -0.4 is 0 Å². The van der Waals surface area contributed by atoms with Crippen LogP contribution in [-0.2, 0) is 23.9 Å². The Labute approximate surface area is 154 Å². The van der Waals surface area contributed by atoms with Crippen LogP contribution in [0.1, 0.15) is 65.2 Å². The molecule has 4 fully saturated rings. The van der Waals surface area contributed by atoms with Crippen LogP contribution >= 0.6 is 0 Å². The zero-order chi connectivity index (χ0) is 18.9. The van der Waals surface area contributed by atoms with E-state index in [1.807, 2.05) is 6.92 Å². The molecule has 0 aromatic rings. The summed E-state index contributed by atoms with van der Waals surface area (Å²) in [6.07, 6.45) is 4.43. The number of ether oxygens (including phenoxy) is 1. The number of carbonyl (C=O) groups excluding carboxylic acids is 4. The predicted molar refractivity (Wildman–Crippen MR) is 93.1 cm³/mol. The number of carbonyl (C=O) groups is 4. The van der Waals surface area contributed by atoms with Gasteiger partial charge in [0.25, 0.3) is 0 Å². The summed E-state index contributed by atoms with van der Waals surface area (Å²) in [5.74, 6) is -0.815. The van der Waals surface area contributed by atoms with Gasteiger partial charge in [-0.3, -0.25) is 19.2 Å². The maximum absolute atomic E-state index is 13.4. The Morgan fingerprint density at radius 1 is 1.04 bits per heavy atom. The first-order chi connectivity index (χ1) is 12.2. The summed E-state index contributed by atoms with van der Waals surface area (Å²) >= 11 is 0. The molecule has 0 aromatic heterocycles. The Morgan fingerprint density at radius 3 is 2.46 bits per heavy atom. The second kappa shape index (κ2) is 5.49. The summed E-state index contributed by atoms with van der Waals surface area (Å²) in [4.78, 5) is 51.9. The molecular weight excluding hydrogens is 332 g/mol. The molecule has 5 nitrogen and oxygen atoms in total. The third-order valence-corrected chi connectivity index (χ3v) is 8.49. The number of methoxy groups -OCH3 is 1. The Hall–Kier alpha value is -1.52. The molecule has 0 N–H and O–H groups in total. The van der Waals surface area contributed by atoms with Gasteiger partial charge in [-0.2, -0.15) is 0 Å². The molecule has 26 heavy (non-hydrogen) atoms. The van der Waals surface area contributed by atoms with Crippen LogP contribution in [0, 0.1) is 34.0 Å². The number of esters is 1. The van der Waals surface area contributed by atoms with Crippen molar-refractivity contribution in [1.82, 2.24) is 0 Å². The third kappa shape index (κ3) is 1.92. The van der Waals surface area contributed by atoms with E-state index in [2.05, 4.69) is 6.92 Å². The lowest BCUT2D eigenvalue weighted by Crippen LogP contribution is -2.67. The number of rotatable bonds is 1. The zero-order valence-electron chi connectivity index (χ0n) is 15.9. The van der Waals surface area contributed by atoms with Crippen molar-refractivity contribution in [2.75, 3.05) is 7.11 Å². The highest BCUT2D eigenvalue weighted by molar-refractivity contribution is 6.08. The zero-order valence-corrected chi connectivity index (χ0v) is 15.9. The average Bonchev–Trinajstić information content (AvgIpc) is 2.91. The van der Waals surface area contributed by atoms with E-state index in [4.69, 9.17) is 4.74 Å². The van der Waals surface area contributed by atoms with Crippen molar-refractivity contribution in [3.8, 4) is 0 Å². The number of hydrogen-bond acceptors (Lipinski definition) is 5. The molecule has 0 saturated heterocycles. The molecule has 0 radical (unpaired) electrons. The maximum atomic E-state index is 13.4. The fourth-order valence-electron chi connectivity index (χ4n) is 7.37. The standard InChI is InChI=1S/C21H28O5/c1-19-8-7-14-20(2,15(19)10-13(22)11-19)17(24)9-12-5-4-6-16(23)21(12,14)18(25)26-3/h12,14-15H,4-11H2,1-3H3/t12-,14-,15-,19+,20-,21+/m0/s1. The minimum Gasteiger partial charge on any atom is -0.468 e. The molecule has 0 spiro atoms. The van der Waals surface area contributed by atoms with E-state index < -0.39 is 16.8 Å². The van der Waals surface area contributed by atoms with Crippen molar-refractivity contribution in [1.29, 1.82) is 0 Å². The largest absolute Gasteiger partial charge is 0.468 e. The molecule has 0 amide bonds. The van der Waals surface area contributed by atoms with Gasteiger partial charge in [0.2, 0.25) is 0 Å². The molecule has 0 heterocycles. The fourth-order valence-corrected chi connectivity index (χ4v) is 7.37. The first kappa shape index (κ1) is 17.9. The van der Waals surface area contributed by atoms with Crippen LogP contribution in [-0.4, -0.2) is 30.4 Å². The number of fused-ring (bicyclic) bond motifs is 5. The van der Waals surface area contributed by atoms with Crippen LogP contribution in [0.4, 0.5) is 0 Å². The molecule has 0 aromatic carbocycles. The molecule has 0 bridgehead atoms. The fraction of sp³-hybridized carbons (Fsp3) is 0.810. The molecule has 4 saturated carbocycles. The van der Waals surface area contributed by atoms with Gasteiger partial charge >= 0.3 is 5.97 Å². The van der Waals surface area contributed by atoms with Crippen molar-refractivity contribution in [3.05, 3.63) is 0 Å². The quantitative estimate of drug-likeness (QED) is 0.531. The summed E-state index contributed by atoms with van der Waals surface area (Å²) in [6.45, 7) is 4.04. The van der Waals surface area contributed by atoms with E-state index in [0.717, 1.165) is 19.3 Å². The maximum Gasteiger partial charge on any atom is 0.319 e. The first-order valence-electron chi connectivity index (χ1n) is 9.88. The summed E-state index contributed by atoms with van der Waals surface area (Å²) in [7, 11) is 1.34. The molecule has 6 atom stereocenters. The first-order valence-corrected chi connectivity index (χ1v) is 9.88. The van der Waals surface area contributed by atoms with Gasteiger partial charge in [0, 0.05) is 31.1 Å². The van der Waals surface area contributed by atoms with Crippen LogP contribution in [0.25, 0.3) is 0 Å². The van der Waals surface area contributed by atoms with Gasteiger partial charge in [0.1, 0.15) is 17.0 Å². The molecule has 5 heteroatoms. The molecule has 4 aliphatic rings. The Kier molecular flexibility index (Phi) is 3.78. The van der Waals surface area contributed by atoms with Crippen molar-refractivity contribution < 1.29 is 23.9 Å². The van der Waals surface area contributed by atoms with Crippen LogP contribution in [0.15, 0.2) is 0 Å². The average molecular weight is 360 g/mol. The minimum absolute atomic E-state index is 0.0442. The van der Waals surface area contributed by atoms with E-state index in [1.54, 1.807) is 0 Å². The van der Waals surface area contributed by atoms with E-state index in [0.29, 0.717) is 25.7 Å². The van der Waals surface area contributed by atoms with E-state index in [1.165, 1.54) is 7.11 Å². The smallest absolute Gasteiger partial charge is 0.319 e. The van der Waals surface area contributed by atoms with Crippen molar-refractivity contribution in [3.63, 3.8) is 0 Å². The van der Waals surface area contributed by atoms with Gasteiger partial charge in [-0.1, -0.05) is 13.8 Å². The van der Waals surface area contributed by atoms with Crippen molar-refractivity contribution >= 4 is 23.3 Å². The lowest BCUT2D eigenvalue weighted by atomic mass is 9.39. The van der Waals surface area contributed by atoms with Gasteiger partial charge < -0.3 is 4.74 Å². The molecular formula is C21H28O5. The number of hydrogen-bond donors (Lipinski definition) is 0. The normalized spacial score (nSPS) is 47.8. The molecule has 4 aliphatic carbocycles. The van der Waals surface area contributed by atoms with E-state index in [9.17, 15) is 19.2 Å². The van der Waals surface area contributed by atoms with Gasteiger partial charge in [-0.15, -0.1) is 0 Å². The summed E-state index contributed by atoms with van der Waals surface area (Å²) in [5.41, 5.74) is -2.18. The number of ketones is 3. The Balaban J connectivity index is 1.90. The van der Waals surface area contributed by atoms with Crippen LogP contribution in [0.2, 0.25) is 0 Å².